The fourth-order valence-electron chi connectivity index (χ4n) is 2.20. The molecule has 0 unspecified atom stereocenters. The maximum Gasteiger partial charge on any atom is 0.140 e. The summed E-state index contributed by atoms with van der Waals surface area (Å²) in [5.74, 6) is 0.779. The van der Waals surface area contributed by atoms with Crippen molar-refractivity contribution in [2.45, 2.75) is 13.5 Å². The minimum absolute atomic E-state index is 0.475. The summed E-state index contributed by atoms with van der Waals surface area (Å²) in [6, 6.07) is 11.9. The number of rotatable bonds is 2. The van der Waals surface area contributed by atoms with Gasteiger partial charge >= 0.3 is 0 Å². The zero-order chi connectivity index (χ0) is 13.4. The first kappa shape index (κ1) is 12.2. The van der Waals surface area contributed by atoms with Gasteiger partial charge in [0.1, 0.15) is 5.82 Å². The van der Waals surface area contributed by atoms with E-state index in [1.807, 2.05) is 43.3 Å². The van der Waals surface area contributed by atoms with E-state index >= 15 is 0 Å². The van der Waals surface area contributed by atoms with Gasteiger partial charge in [-0.1, -0.05) is 29.8 Å². The molecule has 0 aliphatic heterocycles. The minimum Gasteiger partial charge on any atom is -0.338 e. The molecule has 0 spiro atoms. The van der Waals surface area contributed by atoms with Crippen LogP contribution in [0.15, 0.2) is 36.4 Å². The monoisotopic (exact) mass is 271 g/mol. The highest BCUT2D eigenvalue weighted by atomic mass is 35.5. The van der Waals surface area contributed by atoms with Gasteiger partial charge in [0.2, 0.25) is 0 Å². The largest absolute Gasteiger partial charge is 0.338 e. The lowest BCUT2D eigenvalue weighted by atomic mass is 10.1. The van der Waals surface area contributed by atoms with Gasteiger partial charge in [-0.3, -0.25) is 0 Å². The molecule has 0 saturated carbocycles. The summed E-state index contributed by atoms with van der Waals surface area (Å²) in [6.45, 7) is 2.49. The van der Waals surface area contributed by atoms with E-state index in [2.05, 4.69) is 9.97 Å². The van der Waals surface area contributed by atoms with Gasteiger partial charge in [0, 0.05) is 12.1 Å². The highest BCUT2D eigenvalue weighted by Gasteiger charge is 2.10. The molecule has 0 aliphatic rings. The van der Waals surface area contributed by atoms with Crippen molar-refractivity contribution < 1.29 is 0 Å². The van der Waals surface area contributed by atoms with Crippen molar-refractivity contribution in [1.29, 1.82) is 0 Å². The molecule has 0 radical (unpaired) electrons. The van der Waals surface area contributed by atoms with Crippen LogP contribution in [0, 0.1) is 6.92 Å². The van der Waals surface area contributed by atoms with Crippen molar-refractivity contribution in [2.24, 2.45) is 5.73 Å². The number of imidazole rings is 1. The number of para-hydroxylation sites is 1. The summed E-state index contributed by atoms with van der Waals surface area (Å²) in [7, 11) is 0. The number of H-pyrrole nitrogens is 1. The smallest absolute Gasteiger partial charge is 0.140 e. The fraction of sp³-hybridized carbons (Fsp3) is 0.133. The van der Waals surface area contributed by atoms with E-state index in [0.717, 1.165) is 33.5 Å². The lowest BCUT2D eigenvalue weighted by molar-refractivity contribution is 1.08. The zero-order valence-corrected chi connectivity index (χ0v) is 11.3. The number of hydrogen-bond acceptors (Lipinski definition) is 2. The first-order chi connectivity index (χ1) is 9.19. The Bertz CT molecular complexity index is 746. The van der Waals surface area contributed by atoms with Crippen LogP contribution in [0.2, 0.25) is 5.02 Å². The van der Waals surface area contributed by atoms with Crippen LogP contribution in [-0.2, 0) is 6.54 Å². The van der Waals surface area contributed by atoms with E-state index in [4.69, 9.17) is 17.3 Å². The van der Waals surface area contributed by atoms with Gasteiger partial charge in [0.15, 0.2) is 0 Å². The molecule has 3 nitrogen and oxygen atoms in total. The number of aryl methyl sites for hydroxylation is 1. The molecule has 3 aromatic rings. The van der Waals surface area contributed by atoms with Crippen molar-refractivity contribution in [3.63, 3.8) is 0 Å². The Morgan fingerprint density at radius 3 is 2.84 bits per heavy atom. The number of hydrogen-bond donors (Lipinski definition) is 2. The SMILES string of the molecule is Cc1ccc(-c2nc3c(CN)cccc3[nH]2)c(Cl)c1. The van der Waals surface area contributed by atoms with E-state index in [0.29, 0.717) is 11.6 Å². The highest BCUT2D eigenvalue weighted by Crippen LogP contribution is 2.29. The molecule has 0 amide bonds. The molecule has 3 N–H and O–H groups in total. The Kier molecular flexibility index (Phi) is 3.01. The number of aromatic nitrogens is 2. The molecule has 19 heavy (non-hydrogen) atoms. The van der Waals surface area contributed by atoms with Gasteiger partial charge in [0.25, 0.3) is 0 Å². The third kappa shape index (κ3) is 2.11. The van der Waals surface area contributed by atoms with Crippen LogP contribution in [-0.4, -0.2) is 9.97 Å². The predicted molar refractivity (Wildman–Crippen MR) is 79.2 cm³/mol. The van der Waals surface area contributed by atoms with Crippen molar-refractivity contribution in [3.05, 3.63) is 52.5 Å². The molecule has 0 saturated heterocycles. The van der Waals surface area contributed by atoms with Gasteiger partial charge in [-0.05, 0) is 36.2 Å². The topological polar surface area (TPSA) is 54.7 Å². The molecule has 3 rings (SSSR count). The minimum atomic E-state index is 0.475. The molecule has 0 fully saturated rings. The molecular formula is C15H14ClN3. The third-order valence-corrected chi connectivity index (χ3v) is 3.51. The number of nitrogens with one attached hydrogen (secondary N) is 1. The van der Waals surface area contributed by atoms with Gasteiger partial charge < -0.3 is 10.7 Å². The summed E-state index contributed by atoms with van der Waals surface area (Å²) in [5.41, 5.74) is 10.7. The molecule has 0 atom stereocenters. The maximum atomic E-state index is 6.28. The van der Waals surface area contributed by atoms with Gasteiger partial charge in [-0.15, -0.1) is 0 Å². The van der Waals surface area contributed by atoms with Crippen LogP contribution in [0.4, 0.5) is 0 Å². The summed E-state index contributed by atoms with van der Waals surface area (Å²) in [6.07, 6.45) is 0. The third-order valence-electron chi connectivity index (χ3n) is 3.20. The Morgan fingerprint density at radius 2 is 2.11 bits per heavy atom. The molecular weight excluding hydrogens is 258 g/mol. The molecule has 1 heterocycles. The average Bonchev–Trinajstić information content (AvgIpc) is 2.81. The molecule has 2 aromatic carbocycles. The number of aromatic amines is 1. The molecule has 96 valence electrons. The van der Waals surface area contributed by atoms with Gasteiger partial charge in [-0.25, -0.2) is 4.98 Å². The van der Waals surface area contributed by atoms with E-state index < -0.39 is 0 Å². The highest BCUT2D eigenvalue weighted by molar-refractivity contribution is 6.33. The quantitative estimate of drug-likeness (QED) is 0.747. The Morgan fingerprint density at radius 1 is 1.26 bits per heavy atom. The number of halogens is 1. The van der Waals surface area contributed by atoms with Crippen LogP contribution in [0.5, 0.6) is 0 Å². The van der Waals surface area contributed by atoms with Gasteiger partial charge in [0.05, 0.1) is 16.1 Å². The summed E-state index contributed by atoms with van der Waals surface area (Å²) in [4.78, 5) is 7.92. The van der Waals surface area contributed by atoms with Gasteiger partial charge in [-0.2, -0.15) is 0 Å². The second kappa shape index (κ2) is 4.68. The molecule has 1 aromatic heterocycles. The van der Waals surface area contributed by atoms with E-state index in [9.17, 15) is 0 Å². The van der Waals surface area contributed by atoms with Crippen LogP contribution in [0.1, 0.15) is 11.1 Å². The average molecular weight is 272 g/mol. The second-order valence-electron chi connectivity index (χ2n) is 4.59. The number of fused-ring (bicyclic) bond motifs is 1. The van der Waals surface area contributed by atoms with Crippen LogP contribution < -0.4 is 5.73 Å². The zero-order valence-electron chi connectivity index (χ0n) is 10.6. The van der Waals surface area contributed by atoms with Crippen molar-refractivity contribution in [3.8, 4) is 11.4 Å². The number of benzene rings is 2. The molecule has 0 bridgehead atoms. The van der Waals surface area contributed by atoms with Crippen LogP contribution in [0.3, 0.4) is 0 Å². The first-order valence-electron chi connectivity index (χ1n) is 6.13. The second-order valence-corrected chi connectivity index (χ2v) is 4.99. The first-order valence-corrected chi connectivity index (χ1v) is 6.51. The summed E-state index contributed by atoms with van der Waals surface area (Å²) < 4.78 is 0. The Balaban J connectivity index is 2.20. The van der Waals surface area contributed by atoms with Crippen molar-refractivity contribution in [2.75, 3.05) is 0 Å². The van der Waals surface area contributed by atoms with E-state index in [1.54, 1.807) is 0 Å². The van der Waals surface area contributed by atoms with Crippen molar-refractivity contribution >= 4 is 22.6 Å². The Hall–Kier alpha value is -1.84. The lowest BCUT2D eigenvalue weighted by Crippen LogP contribution is -1.96. The summed E-state index contributed by atoms with van der Waals surface area (Å²) in [5, 5.41) is 0.702. The van der Waals surface area contributed by atoms with Crippen LogP contribution >= 0.6 is 11.6 Å². The Labute approximate surface area is 116 Å². The van der Waals surface area contributed by atoms with E-state index in [1.165, 1.54) is 0 Å². The van der Waals surface area contributed by atoms with Crippen molar-refractivity contribution in [1.82, 2.24) is 9.97 Å². The lowest BCUT2D eigenvalue weighted by Gasteiger charge is -2.01. The standard InChI is InChI=1S/C15H14ClN3/c1-9-5-6-11(12(16)7-9)15-18-13-4-2-3-10(8-17)14(13)19-15/h2-7H,8,17H2,1H3,(H,18,19). The molecule has 0 aliphatic carbocycles. The summed E-state index contributed by atoms with van der Waals surface area (Å²) >= 11 is 6.28. The van der Waals surface area contributed by atoms with Crippen LogP contribution in [0.25, 0.3) is 22.4 Å². The van der Waals surface area contributed by atoms with E-state index in [-0.39, 0.29) is 0 Å². The molecule has 4 heteroatoms. The number of nitrogens with two attached hydrogens (primary N) is 1. The number of nitrogens with zero attached hydrogens (tertiary/aromatic N) is 1. The predicted octanol–water partition coefficient (Wildman–Crippen LogP) is 3.65. The fourth-order valence-corrected chi connectivity index (χ4v) is 2.52. The maximum absolute atomic E-state index is 6.28. The normalized spacial score (nSPS) is 11.1.